The number of carbonyl (C=O) groups excluding carboxylic acids is 1. The summed E-state index contributed by atoms with van der Waals surface area (Å²) in [5.74, 6) is 0.197. The highest BCUT2D eigenvalue weighted by molar-refractivity contribution is 7.18. The van der Waals surface area contributed by atoms with E-state index < -0.39 is 0 Å². The van der Waals surface area contributed by atoms with Crippen LogP contribution in [0, 0.1) is 0 Å². The molecule has 0 saturated carbocycles. The molecular weight excluding hydrogens is 226 g/mol. The summed E-state index contributed by atoms with van der Waals surface area (Å²) in [5, 5.41) is 6.51. The Bertz CT molecular complexity index is 365. The Balaban J connectivity index is 2.75. The van der Waals surface area contributed by atoms with Gasteiger partial charge in [-0.05, 0) is 7.05 Å². The first-order valence-electron chi connectivity index (χ1n) is 4.94. The maximum Gasteiger partial charge on any atom is 0.267 e. The molecule has 1 heterocycles. The predicted octanol–water partition coefficient (Wildman–Crippen LogP) is 0.0584. The minimum atomic E-state index is -0.0910. The van der Waals surface area contributed by atoms with Crippen molar-refractivity contribution in [1.29, 1.82) is 0 Å². The Kier molecular flexibility index (Phi) is 4.51. The van der Waals surface area contributed by atoms with Crippen molar-refractivity contribution < 1.29 is 4.79 Å². The van der Waals surface area contributed by atoms with E-state index >= 15 is 0 Å². The summed E-state index contributed by atoms with van der Waals surface area (Å²) in [5.41, 5.74) is 5.68. The average molecular weight is 243 g/mol. The van der Waals surface area contributed by atoms with Gasteiger partial charge in [0.15, 0.2) is 5.13 Å². The van der Waals surface area contributed by atoms with Crippen molar-refractivity contribution in [3.8, 4) is 0 Å². The van der Waals surface area contributed by atoms with Gasteiger partial charge in [0.2, 0.25) is 0 Å². The Hall–Kier alpha value is -1.34. The zero-order chi connectivity index (χ0) is 12.1. The van der Waals surface area contributed by atoms with Crippen LogP contribution in [0.3, 0.4) is 0 Å². The first-order valence-corrected chi connectivity index (χ1v) is 5.76. The van der Waals surface area contributed by atoms with Gasteiger partial charge in [0, 0.05) is 27.2 Å². The van der Waals surface area contributed by atoms with Crippen LogP contribution in [0.1, 0.15) is 9.67 Å². The highest BCUT2D eigenvalue weighted by Crippen LogP contribution is 2.25. The lowest BCUT2D eigenvalue weighted by molar-refractivity contribution is 0.0802. The number of hydrogen-bond acceptors (Lipinski definition) is 6. The van der Waals surface area contributed by atoms with E-state index in [2.05, 4.69) is 15.6 Å². The molecule has 90 valence electrons. The number of hydrogen-bond donors (Lipinski definition) is 3. The summed E-state index contributed by atoms with van der Waals surface area (Å²) in [6.07, 6.45) is 0. The van der Waals surface area contributed by atoms with Gasteiger partial charge >= 0.3 is 0 Å². The number of nitrogen functional groups attached to an aromatic ring is 1. The number of nitrogens with one attached hydrogen (secondary N) is 2. The molecule has 0 spiro atoms. The van der Waals surface area contributed by atoms with E-state index in [1.165, 1.54) is 11.3 Å². The molecule has 4 N–H and O–H groups in total. The third-order valence-corrected chi connectivity index (χ3v) is 3.18. The fourth-order valence-corrected chi connectivity index (χ4v) is 1.98. The molecule has 1 aromatic heterocycles. The number of anilines is 2. The van der Waals surface area contributed by atoms with Gasteiger partial charge in [-0.1, -0.05) is 11.3 Å². The van der Waals surface area contributed by atoms with Crippen LogP contribution in [0.25, 0.3) is 0 Å². The maximum atomic E-state index is 12.0. The summed E-state index contributed by atoms with van der Waals surface area (Å²) in [4.78, 5) is 18.1. The van der Waals surface area contributed by atoms with Gasteiger partial charge in [-0.15, -0.1) is 0 Å². The number of likely N-dealkylation sites (N-methyl/N-ethyl adjacent to an activating group) is 2. The summed E-state index contributed by atoms with van der Waals surface area (Å²) in [6, 6.07) is 0. The molecule has 0 aromatic carbocycles. The number of nitrogens with zero attached hydrogens (tertiary/aromatic N) is 2. The van der Waals surface area contributed by atoms with E-state index in [1.807, 2.05) is 7.05 Å². The molecule has 0 aliphatic carbocycles. The zero-order valence-corrected chi connectivity index (χ0v) is 10.5. The Labute approximate surface area is 98.8 Å². The van der Waals surface area contributed by atoms with Gasteiger partial charge in [0.05, 0.1) is 0 Å². The molecule has 0 aliphatic heterocycles. The number of nitrogens with two attached hydrogens (primary N) is 1. The maximum absolute atomic E-state index is 12.0. The first kappa shape index (κ1) is 12.7. The normalized spacial score (nSPS) is 10.2. The lowest BCUT2D eigenvalue weighted by Crippen LogP contribution is -2.32. The largest absolute Gasteiger partial charge is 0.382 e. The zero-order valence-electron chi connectivity index (χ0n) is 9.70. The van der Waals surface area contributed by atoms with E-state index in [1.54, 1.807) is 19.0 Å². The third kappa shape index (κ3) is 2.83. The van der Waals surface area contributed by atoms with E-state index in [4.69, 9.17) is 5.73 Å². The van der Waals surface area contributed by atoms with Crippen molar-refractivity contribution in [2.75, 3.05) is 45.3 Å². The minimum Gasteiger partial charge on any atom is -0.382 e. The van der Waals surface area contributed by atoms with Crippen LogP contribution in [0.4, 0.5) is 10.9 Å². The van der Waals surface area contributed by atoms with Gasteiger partial charge in [0.25, 0.3) is 5.91 Å². The molecule has 0 saturated heterocycles. The topological polar surface area (TPSA) is 83.3 Å². The summed E-state index contributed by atoms with van der Waals surface area (Å²) in [7, 11) is 5.34. The van der Waals surface area contributed by atoms with Crippen molar-refractivity contribution in [3.05, 3.63) is 4.88 Å². The molecule has 0 radical (unpaired) electrons. The smallest absolute Gasteiger partial charge is 0.267 e. The van der Waals surface area contributed by atoms with Crippen molar-refractivity contribution in [1.82, 2.24) is 15.2 Å². The van der Waals surface area contributed by atoms with Crippen molar-refractivity contribution in [2.24, 2.45) is 0 Å². The lowest BCUT2D eigenvalue weighted by atomic mass is 10.4. The second-order valence-electron chi connectivity index (χ2n) is 3.31. The molecule has 0 atom stereocenters. The number of carbonyl (C=O) groups is 1. The monoisotopic (exact) mass is 243 g/mol. The average Bonchev–Trinajstić information content (AvgIpc) is 2.66. The molecule has 0 unspecified atom stereocenters. The fraction of sp³-hybridized carbons (Fsp3) is 0.556. The van der Waals surface area contributed by atoms with E-state index in [0.717, 1.165) is 6.54 Å². The second-order valence-corrected chi connectivity index (χ2v) is 4.31. The molecule has 0 fully saturated rings. The molecule has 16 heavy (non-hydrogen) atoms. The molecule has 0 aliphatic rings. The van der Waals surface area contributed by atoms with Crippen molar-refractivity contribution in [2.45, 2.75) is 0 Å². The Morgan fingerprint density at radius 3 is 2.75 bits per heavy atom. The SMILES string of the molecule is CNCCN(C)C(=O)c1sc(NC)nc1N. The van der Waals surface area contributed by atoms with Gasteiger partial charge in [-0.3, -0.25) is 4.79 Å². The molecule has 1 rings (SSSR count). The molecule has 7 heteroatoms. The molecular formula is C9H17N5OS. The van der Waals surface area contributed by atoms with Gasteiger partial charge in [-0.2, -0.15) is 0 Å². The molecule has 0 bridgehead atoms. The quantitative estimate of drug-likeness (QED) is 0.681. The fourth-order valence-electron chi connectivity index (χ4n) is 1.15. The highest BCUT2D eigenvalue weighted by atomic mass is 32.1. The summed E-state index contributed by atoms with van der Waals surface area (Å²) >= 11 is 1.27. The van der Waals surface area contributed by atoms with Gasteiger partial charge < -0.3 is 21.3 Å². The van der Waals surface area contributed by atoms with Gasteiger partial charge in [-0.25, -0.2) is 4.98 Å². The van der Waals surface area contributed by atoms with Crippen LogP contribution >= 0.6 is 11.3 Å². The van der Waals surface area contributed by atoms with Crippen LogP contribution < -0.4 is 16.4 Å². The van der Waals surface area contributed by atoms with Crippen LogP contribution in [0.2, 0.25) is 0 Å². The van der Waals surface area contributed by atoms with E-state index in [9.17, 15) is 4.79 Å². The van der Waals surface area contributed by atoms with Crippen LogP contribution in [0.5, 0.6) is 0 Å². The molecule has 6 nitrogen and oxygen atoms in total. The summed E-state index contributed by atoms with van der Waals surface area (Å²) < 4.78 is 0. The number of aromatic nitrogens is 1. The standard InChI is InChI=1S/C9H17N5OS/c1-11-4-5-14(3)8(15)6-7(10)13-9(12-2)16-6/h11H,4-5,10H2,1-3H3,(H,12,13). The molecule has 1 aromatic rings. The molecule has 1 amide bonds. The van der Waals surface area contributed by atoms with Gasteiger partial charge in [0.1, 0.15) is 10.7 Å². The number of thiazole rings is 1. The Morgan fingerprint density at radius 2 is 2.25 bits per heavy atom. The Morgan fingerprint density at radius 1 is 1.56 bits per heavy atom. The predicted molar refractivity (Wildman–Crippen MR) is 67.0 cm³/mol. The first-order chi connectivity index (χ1) is 7.60. The summed E-state index contributed by atoms with van der Waals surface area (Å²) in [6.45, 7) is 1.39. The van der Waals surface area contributed by atoms with E-state index in [0.29, 0.717) is 16.6 Å². The van der Waals surface area contributed by atoms with Crippen LogP contribution in [0.15, 0.2) is 0 Å². The van der Waals surface area contributed by atoms with Crippen LogP contribution in [-0.2, 0) is 0 Å². The number of rotatable bonds is 5. The third-order valence-electron chi connectivity index (χ3n) is 2.11. The van der Waals surface area contributed by atoms with Crippen molar-refractivity contribution in [3.63, 3.8) is 0 Å². The highest BCUT2D eigenvalue weighted by Gasteiger charge is 2.18. The van der Waals surface area contributed by atoms with Crippen molar-refractivity contribution >= 4 is 28.2 Å². The van der Waals surface area contributed by atoms with E-state index in [-0.39, 0.29) is 11.7 Å². The lowest BCUT2D eigenvalue weighted by Gasteiger charge is -2.15. The second kappa shape index (κ2) is 5.66. The minimum absolute atomic E-state index is 0.0910. The number of amides is 1. The van der Waals surface area contributed by atoms with Crippen LogP contribution in [-0.4, -0.2) is 50.0 Å².